The number of benzene rings is 1. The lowest BCUT2D eigenvalue weighted by Crippen LogP contribution is -2.17. The minimum atomic E-state index is -3.61. The molecule has 0 aliphatic rings. The zero-order valence-corrected chi connectivity index (χ0v) is 9.50. The molecule has 0 radical (unpaired) electrons. The van der Waals surface area contributed by atoms with Gasteiger partial charge in [-0.25, -0.2) is 13.6 Å². The number of nitriles is 1. The van der Waals surface area contributed by atoms with Crippen molar-refractivity contribution < 1.29 is 8.42 Å². The first-order chi connectivity index (χ1) is 7.54. The van der Waals surface area contributed by atoms with Gasteiger partial charge in [0, 0.05) is 6.54 Å². The van der Waals surface area contributed by atoms with E-state index < -0.39 is 10.0 Å². The van der Waals surface area contributed by atoms with Gasteiger partial charge in [-0.1, -0.05) is 12.1 Å². The highest BCUT2D eigenvalue weighted by molar-refractivity contribution is 7.89. The van der Waals surface area contributed by atoms with Gasteiger partial charge in [-0.2, -0.15) is 5.26 Å². The number of rotatable bonds is 5. The standard InChI is InChI=1S/C10H13N3O2S/c11-6-8-13-7-5-9-1-3-10(4-2-9)16(12,14)15/h1-4,13H,5,7-8H2,(H2,12,14,15). The summed E-state index contributed by atoms with van der Waals surface area (Å²) in [7, 11) is -3.61. The Morgan fingerprint density at radius 2 is 1.94 bits per heavy atom. The molecule has 0 atom stereocenters. The van der Waals surface area contributed by atoms with Crippen molar-refractivity contribution in [3.8, 4) is 6.07 Å². The lowest BCUT2D eigenvalue weighted by Gasteiger charge is -2.02. The highest BCUT2D eigenvalue weighted by atomic mass is 32.2. The number of nitrogens with one attached hydrogen (secondary N) is 1. The molecule has 0 aliphatic heterocycles. The summed E-state index contributed by atoms with van der Waals surface area (Å²) < 4.78 is 21.9. The number of nitrogens with zero attached hydrogens (tertiary/aromatic N) is 1. The van der Waals surface area contributed by atoms with E-state index in [1.165, 1.54) is 12.1 Å². The van der Waals surface area contributed by atoms with Gasteiger partial charge in [-0.15, -0.1) is 0 Å². The van der Waals surface area contributed by atoms with E-state index in [0.29, 0.717) is 13.1 Å². The molecule has 1 aromatic rings. The van der Waals surface area contributed by atoms with Gasteiger partial charge >= 0.3 is 0 Å². The van der Waals surface area contributed by atoms with Gasteiger partial charge in [0.25, 0.3) is 0 Å². The van der Waals surface area contributed by atoms with Crippen molar-refractivity contribution in [2.45, 2.75) is 11.3 Å². The molecule has 0 saturated carbocycles. The first-order valence-corrected chi connectivity index (χ1v) is 6.28. The van der Waals surface area contributed by atoms with E-state index in [0.717, 1.165) is 12.0 Å². The van der Waals surface area contributed by atoms with Gasteiger partial charge in [0.1, 0.15) is 0 Å². The van der Waals surface area contributed by atoms with Crippen LogP contribution in [0.15, 0.2) is 29.2 Å². The van der Waals surface area contributed by atoms with E-state index in [1.807, 2.05) is 6.07 Å². The second kappa shape index (κ2) is 5.61. The molecule has 0 saturated heterocycles. The largest absolute Gasteiger partial charge is 0.304 e. The molecular weight excluding hydrogens is 226 g/mol. The summed E-state index contributed by atoms with van der Waals surface area (Å²) in [6, 6.07) is 8.37. The van der Waals surface area contributed by atoms with Gasteiger partial charge < -0.3 is 5.32 Å². The van der Waals surface area contributed by atoms with Gasteiger partial charge in [-0.3, -0.25) is 0 Å². The molecule has 16 heavy (non-hydrogen) atoms. The molecule has 0 aliphatic carbocycles. The summed E-state index contributed by atoms with van der Waals surface area (Å²) in [5.41, 5.74) is 0.998. The third-order valence-corrected chi connectivity index (χ3v) is 2.98. The van der Waals surface area contributed by atoms with Crippen molar-refractivity contribution in [2.24, 2.45) is 5.14 Å². The fourth-order valence-corrected chi connectivity index (χ4v) is 1.74. The molecular formula is C10H13N3O2S. The number of nitrogens with two attached hydrogens (primary N) is 1. The third kappa shape index (κ3) is 3.98. The number of primary sulfonamides is 1. The molecule has 0 unspecified atom stereocenters. The molecule has 3 N–H and O–H groups in total. The van der Waals surface area contributed by atoms with E-state index in [-0.39, 0.29) is 4.90 Å². The number of hydrogen-bond donors (Lipinski definition) is 2. The van der Waals surface area contributed by atoms with Crippen LogP contribution in [0.3, 0.4) is 0 Å². The van der Waals surface area contributed by atoms with Crippen LogP contribution in [0, 0.1) is 11.3 Å². The van der Waals surface area contributed by atoms with Crippen LogP contribution in [0.2, 0.25) is 0 Å². The van der Waals surface area contributed by atoms with Crippen LogP contribution in [0.1, 0.15) is 5.56 Å². The SMILES string of the molecule is N#CCNCCc1ccc(S(N)(=O)=O)cc1. The minimum absolute atomic E-state index is 0.112. The predicted molar refractivity (Wildman–Crippen MR) is 60.0 cm³/mol. The Morgan fingerprint density at radius 3 is 2.44 bits per heavy atom. The van der Waals surface area contributed by atoms with Crippen molar-refractivity contribution in [3.63, 3.8) is 0 Å². The Balaban J connectivity index is 2.56. The lowest BCUT2D eigenvalue weighted by atomic mass is 10.1. The Labute approximate surface area is 94.9 Å². The minimum Gasteiger partial charge on any atom is -0.304 e. The molecule has 0 aromatic heterocycles. The zero-order valence-electron chi connectivity index (χ0n) is 8.68. The van der Waals surface area contributed by atoms with Crippen LogP contribution in [0.4, 0.5) is 0 Å². The Hall–Kier alpha value is -1.42. The normalized spacial score (nSPS) is 11.0. The highest BCUT2D eigenvalue weighted by Crippen LogP contribution is 2.08. The summed E-state index contributed by atoms with van der Waals surface area (Å²) in [5, 5.41) is 16.2. The predicted octanol–water partition coefficient (Wildman–Crippen LogP) is -0.0103. The van der Waals surface area contributed by atoms with E-state index in [1.54, 1.807) is 12.1 Å². The summed E-state index contributed by atoms with van der Waals surface area (Å²) in [6.45, 7) is 0.998. The van der Waals surface area contributed by atoms with Crippen molar-refractivity contribution in [3.05, 3.63) is 29.8 Å². The van der Waals surface area contributed by atoms with Crippen LogP contribution < -0.4 is 10.5 Å². The monoisotopic (exact) mass is 239 g/mol. The van der Waals surface area contributed by atoms with E-state index >= 15 is 0 Å². The van der Waals surface area contributed by atoms with Gasteiger partial charge in [0.2, 0.25) is 10.0 Å². The third-order valence-electron chi connectivity index (χ3n) is 2.05. The van der Waals surface area contributed by atoms with Crippen LogP contribution in [-0.4, -0.2) is 21.5 Å². The molecule has 0 amide bonds. The summed E-state index contributed by atoms with van der Waals surface area (Å²) in [5.74, 6) is 0. The fourth-order valence-electron chi connectivity index (χ4n) is 1.22. The van der Waals surface area contributed by atoms with Crippen LogP contribution in [0.5, 0.6) is 0 Å². The molecule has 0 heterocycles. The summed E-state index contributed by atoms with van der Waals surface area (Å²) in [4.78, 5) is 0.112. The Kier molecular flexibility index (Phi) is 4.43. The van der Waals surface area contributed by atoms with Crippen molar-refractivity contribution in [1.82, 2.24) is 5.32 Å². The van der Waals surface area contributed by atoms with Gasteiger partial charge in [0.05, 0.1) is 17.5 Å². The fraction of sp³-hybridized carbons (Fsp3) is 0.300. The van der Waals surface area contributed by atoms with E-state index in [2.05, 4.69) is 5.32 Å². The topological polar surface area (TPSA) is 96.0 Å². The molecule has 1 aromatic carbocycles. The average Bonchev–Trinajstić information content (AvgIpc) is 2.24. The van der Waals surface area contributed by atoms with Crippen molar-refractivity contribution in [1.29, 1.82) is 5.26 Å². The highest BCUT2D eigenvalue weighted by Gasteiger charge is 2.06. The maximum atomic E-state index is 11.0. The van der Waals surface area contributed by atoms with Gasteiger partial charge in [-0.05, 0) is 24.1 Å². The second-order valence-electron chi connectivity index (χ2n) is 3.27. The number of hydrogen-bond acceptors (Lipinski definition) is 4. The van der Waals surface area contributed by atoms with E-state index in [4.69, 9.17) is 10.4 Å². The maximum absolute atomic E-state index is 11.0. The molecule has 86 valence electrons. The molecule has 6 heteroatoms. The van der Waals surface area contributed by atoms with Crippen LogP contribution in [-0.2, 0) is 16.4 Å². The Bertz CT molecular complexity index is 474. The molecule has 1 rings (SSSR count). The van der Waals surface area contributed by atoms with Crippen molar-refractivity contribution in [2.75, 3.05) is 13.1 Å². The first-order valence-electron chi connectivity index (χ1n) is 4.73. The maximum Gasteiger partial charge on any atom is 0.238 e. The average molecular weight is 239 g/mol. The first kappa shape index (κ1) is 12.6. The second-order valence-corrected chi connectivity index (χ2v) is 4.84. The van der Waals surface area contributed by atoms with Crippen LogP contribution >= 0.6 is 0 Å². The summed E-state index contributed by atoms with van der Waals surface area (Å²) >= 11 is 0. The molecule has 0 fully saturated rings. The molecule has 5 nitrogen and oxygen atoms in total. The molecule has 0 bridgehead atoms. The van der Waals surface area contributed by atoms with E-state index in [9.17, 15) is 8.42 Å². The van der Waals surface area contributed by atoms with Crippen LogP contribution in [0.25, 0.3) is 0 Å². The lowest BCUT2D eigenvalue weighted by molar-refractivity contribution is 0.597. The zero-order chi connectivity index (χ0) is 12.0. The Morgan fingerprint density at radius 1 is 1.31 bits per heavy atom. The van der Waals surface area contributed by atoms with Crippen molar-refractivity contribution >= 4 is 10.0 Å². The number of sulfonamides is 1. The quantitative estimate of drug-likeness (QED) is 0.558. The summed E-state index contributed by atoms with van der Waals surface area (Å²) in [6.07, 6.45) is 0.743. The smallest absolute Gasteiger partial charge is 0.238 e. The molecule has 0 spiro atoms. The van der Waals surface area contributed by atoms with Gasteiger partial charge in [0.15, 0.2) is 0 Å².